The molecule has 0 heterocycles. The maximum Gasteiger partial charge on any atom is 0.309 e. The van der Waals surface area contributed by atoms with Crippen molar-refractivity contribution in [2.75, 3.05) is 46.8 Å². The number of carbonyl (C=O) groups excluding carboxylic acids is 1. The van der Waals surface area contributed by atoms with Crippen LogP contribution in [-0.4, -0.2) is 52.7 Å². The Labute approximate surface area is 102 Å². The summed E-state index contributed by atoms with van der Waals surface area (Å²) in [6, 6.07) is 0. The van der Waals surface area contributed by atoms with Crippen LogP contribution >= 0.6 is 0 Å². The molecule has 1 rings (SSSR count). The molecule has 100 valence electrons. The normalized spacial score (nSPS) is 15.6. The van der Waals surface area contributed by atoms with Gasteiger partial charge in [-0.1, -0.05) is 6.42 Å². The molecular formula is C12H22O5. The molecule has 0 aromatic carbocycles. The predicted octanol–water partition coefficient (Wildman–Crippen LogP) is 1.01. The third kappa shape index (κ3) is 6.61. The standard InChI is InChI=1S/C12H22O5/c1-14-5-6-15-7-8-16-9-10-17-12(13)11-3-2-4-11/h11H,2-10H2,1H3. The number of esters is 1. The molecule has 0 N–H and O–H groups in total. The van der Waals surface area contributed by atoms with Gasteiger partial charge in [-0.25, -0.2) is 0 Å². The average molecular weight is 246 g/mol. The summed E-state index contributed by atoms with van der Waals surface area (Å²) in [6.45, 7) is 3.01. The van der Waals surface area contributed by atoms with Crippen LogP contribution in [0, 0.1) is 5.92 Å². The molecule has 0 radical (unpaired) electrons. The van der Waals surface area contributed by atoms with Gasteiger partial charge in [-0.3, -0.25) is 4.79 Å². The Morgan fingerprint density at radius 2 is 1.59 bits per heavy atom. The highest BCUT2D eigenvalue weighted by Crippen LogP contribution is 2.27. The van der Waals surface area contributed by atoms with E-state index in [9.17, 15) is 4.79 Å². The average Bonchev–Trinajstić information content (AvgIpc) is 2.24. The van der Waals surface area contributed by atoms with Crippen molar-refractivity contribution in [1.29, 1.82) is 0 Å². The first-order valence-corrected chi connectivity index (χ1v) is 6.15. The van der Waals surface area contributed by atoms with Gasteiger partial charge in [0.05, 0.1) is 39.0 Å². The summed E-state index contributed by atoms with van der Waals surface area (Å²) >= 11 is 0. The predicted molar refractivity (Wildman–Crippen MR) is 61.8 cm³/mol. The molecular weight excluding hydrogens is 224 g/mol. The van der Waals surface area contributed by atoms with Gasteiger partial charge in [0.1, 0.15) is 6.61 Å². The number of methoxy groups -OCH3 is 1. The van der Waals surface area contributed by atoms with Gasteiger partial charge < -0.3 is 18.9 Å². The lowest BCUT2D eigenvalue weighted by Gasteiger charge is -2.22. The van der Waals surface area contributed by atoms with E-state index >= 15 is 0 Å². The fourth-order valence-corrected chi connectivity index (χ4v) is 1.43. The van der Waals surface area contributed by atoms with Crippen LogP contribution in [0.5, 0.6) is 0 Å². The molecule has 0 saturated heterocycles. The second-order valence-electron chi connectivity index (χ2n) is 4.01. The third-order valence-electron chi connectivity index (χ3n) is 2.71. The molecule has 5 heteroatoms. The lowest BCUT2D eigenvalue weighted by molar-refractivity contribution is -0.153. The molecule has 0 aromatic rings. The Kier molecular flexibility index (Phi) is 7.96. The van der Waals surface area contributed by atoms with E-state index in [2.05, 4.69) is 0 Å². The van der Waals surface area contributed by atoms with Gasteiger partial charge in [0.25, 0.3) is 0 Å². The van der Waals surface area contributed by atoms with Gasteiger partial charge in [0.15, 0.2) is 0 Å². The van der Waals surface area contributed by atoms with E-state index in [1.165, 1.54) is 0 Å². The summed E-state index contributed by atoms with van der Waals surface area (Å²) in [7, 11) is 1.64. The van der Waals surface area contributed by atoms with E-state index in [0.29, 0.717) is 39.6 Å². The lowest BCUT2D eigenvalue weighted by atomic mass is 9.86. The monoisotopic (exact) mass is 246 g/mol. The molecule has 0 bridgehead atoms. The summed E-state index contributed by atoms with van der Waals surface area (Å²) in [5, 5.41) is 0. The van der Waals surface area contributed by atoms with Crippen LogP contribution in [0.2, 0.25) is 0 Å². The van der Waals surface area contributed by atoms with Crippen LogP contribution in [0.4, 0.5) is 0 Å². The number of ether oxygens (including phenoxy) is 4. The van der Waals surface area contributed by atoms with E-state index in [1.54, 1.807) is 7.11 Å². The lowest BCUT2D eigenvalue weighted by Crippen LogP contribution is -2.25. The Morgan fingerprint density at radius 1 is 1.00 bits per heavy atom. The minimum Gasteiger partial charge on any atom is -0.463 e. The summed E-state index contributed by atoms with van der Waals surface area (Å²) in [5.74, 6) is 0.0728. The van der Waals surface area contributed by atoms with Crippen LogP contribution in [-0.2, 0) is 23.7 Å². The van der Waals surface area contributed by atoms with E-state index < -0.39 is 0 Å². The van der Waals surface area contributed by atoms with E-state index in [1.807, 2.05) is 0 Å². The highest BCUT2D eigenvalue weighted by atomic mass is 16.6. The second kappa shape index (κ2) is 9.39. The van der Waals surface area contributed by atoms with E-state index in [-0.39, 0.29) is 11.9 Å². The smallest absolute Gasteiger partial charge is 0.309 e. The van der Waals surface area contributed by atoms with Gasteiger partial charge in [-0.2, -0.15) is 0 Å². The molecule has 1 aliphatic carbocycles. The van der Waals surface area contributed by atoms with Crippen molar-refractivity contribution >= 4 is 5.97 Å². The first-order chi connectivity index (χ1) is 8.34. The fraction of sp³-hybridized carbons (Fsp3) is 0.917. The molecule has 0 amide bonds. The highest BCUT2D eigenvalue weighted by Gasteiger charge is 2.26. The molecule has 0 spiro atoms. The maximum absolute atomic E-state index is 11.3. The van der Waals surface area contributed by atoms with Gasteiger partial charge in [0.2, 0.25) is 0 Å². The van der Waals surface area contributed by atoms with E-state index in [4.69, 9.17) is 18.9 Å². The summed E-state index contributed by atoms with van der Waals surface area (Å²) in [5.41, 5.74) is 0. The largest absolute Gasteiger partial charge is 0.463 e. The molecule has 17 heavy (non-hydrogen) atoms. The van der Waals surface area contributed by atoms with Crippen molar-refractivity contribution in [2.45, 2.75) is 19.3 Å². The van der Waals surface area contributed by atoms with Crippen LogP contribution in [0.25, 0.3) is 0 Å². The molecule has 5 nitrogen and oxygen atoms in total. The molecule has 0 aromatic heterocycles. The number of carbonyl (C=O) groups is 1. The Hall–Kier alpha value is -0.650. The molecule has 1 aliphatic rings. The molecule has 1 fully saturated rings. The van der Waals surface area contributed by atoms with Crippen LogP contribution in [0.15, 0.2) is 0 Å². The second-order valence-corrected chi connectivity index (χ2v) is 4.01. The van der Waals surface area contributed by atoms with Crippen LogP contribution < -0.4 is 0 Å². The fourth-order valence-electron chi connectivity index (χ4n) is 1.43. The van der Waals surface area contributed by atoms with Crippen molar-refractivity contribution in [3.63, 3.8) is 0 Å². The zero-order valence-corrected chi connectivity index (χ0v) is 10.5. The molecule has 0 atom stereocenters. The third-order valence-corrected chi connectivity index (χ3v) is 2.71. The first-order valence-electron chi connectivity index (χ1n) is 6.15. The van der Waals surface area contributed by atoms with E-state index in [0.717, 1.165) is 19.3 Å². The number of rotatable bonds is 10. The van der Waals surface area contributed by atoms with Crippen molar-refractivity contribution in [3.8, 4) is 0 Å². The van der Waals surface area contributed by atoms with Gasteiger partial charge in [0, 0.05) is 7.11 Å². The molecule has 0 aliphatic heterocycles. The van der Waals surface area contributed by atoms with Crippen molar-refractivity contribution in [3.05, 3.63) is 0 Å². The molecule has 0 unspecified atom stereocenters. The Balaban J connectivity index is 1.76. The topological polar surface area (TPSA) is 54.0 Å². The summed E-state index contributed by atoms with van der Waals surface area (Å²) in [6.07, 6.45) is 3.11. The quantitative estimate of drug-likeness (QED) is 0.425. The van der Waals surface area contributed by atoms with Gasteiger partial charge >= 0.3 is 5.97 Å². The number of hydrogen-bond acceptors (Lipinski definition) is 5. The number of hydrogen-bond donors (Lipinski definition) is 0. The van der Waals surface area contributed by atoms with Gasteiger partial charge in [-0.05, 0) is 12.8 Å². The van der Waals surface area contributed by atoms with Crippen molar-refractivity contribution in [1.82, 2.24) is 0 Å². The highest BCUT2D eigenvalue weighted by molar-refractivity contribution is 5.73. The van der Waals surface area contributed by atoms with Crippen LogP contribution in [0.1, 0.15) is 19.3 Å². The van der Waals surface area contributed by atoms with Gasteiger partial charge in [-0.15, -0.1) is 0 Å². The first kappa shape index (κ1) is 14.4. The maximum atomic E-state index is 11.3. The van der Waals surface area contributed by atoms with Crippen LogP contribution in [0.3, 0.4) is 0 Å². The SMILES string of the molecule is COCCOCCOCCOC(=O)C1CCC1. The summed E-state index contributed by atoms with van der Waals surface area (Å²) in [4.78, 5) is 11.3. The van der Waals surface area contributed by atoms with Crippen molar-refractivity contribution < 1.29 is 23.7 Å². The Bertz CT molecular complexity index is 203. The van der Waals surface area contributed by atoms with Crippen molar-refractivity contribution in [2.24, 2.45) is 5.92 Å². The Morgan fingerprint density at radius 3 is 2.12 bits per heavy atom. The molecule has 1 saturated carbocycles. The minimum absolute atomic E-state index is 0.0730. The zero-order chi connectivity index (χ0) is 12.3. The zero-order valence-electron chi connectivity index (χ0n) is 10.5. The summed E-state index contributed by atoms with van der Waals surface area (Å²) < 4.78 is 20.4. The minimum atomic E-state index is -0.0730.